The first-order chi connectivity index (χ1) is 9.42. The molecule has 0 atom stereocenters. The van der Waals surface area contributed by atoms with Gasteiger partial charge in [-0.15, -0.1) is 0 Å². The molecule has 112 valence electrons. The van der Waals surface area contributed by atoms with Gasteiger partial charge in [-0.05, 0) is 38.8 Å². The van der Waals surface area contributed by atoms with Crippen LogP contribution in [-0.4, -0.2) is 0 Å². The third kappa shape index (κ3) is 4.60. The van der Waals surface area contributed by atoms with Gasteiger partial charge in [0.25, 0.3) is 0 Å². The predicted molar refractivity (Wildman–Crippen MR) is 88.7 cm³/mol. The zero-order valence-electron chi connectivity index (χ0n) is 13.0. The van der Waals surface area contributed by atoms with Crippen LogP contribution in [0.2, 0.25) is 0 Å². The summed E-state index contributed by atoms with van der Waals surface area (Å²) in [6.45, 7) is 8.01. The molecular formula is C18H22O2S. The van der Waals surface area contributed by atoms with Crippen molar-refractivity contribution in [2.75, 3.05) is 0 Å². The summed E-state index contributed by atoms with van der Waals surface area (Å²) in [6.07, 6.45) is 0. The van der Waals surface area contributed by atoms with Crippen molar-refractivity contribution in [2.24, 2.45) is 0 Å². The van der Waals surface area contributed by atoms with Crippen LogP contribution >= 0.6 is 13.5 Å². The second-order valence-electron chi connectivity index (χ2n) is 5.92. The van der Waals surface area contributed by atoms with Crippen molar-refractivity contribution < 1.29 is 9.78 Å². The Bertz CT molecular complexity index is 484. The van der Waals surface area contributed by atoms with Crippen LogP contribution in [0.3, 0.4) is 0 Å². The fourth-order valence-corrected chi connectivity index (χ4v) is 1.98. The standard InChI is InChI=1S/C18H22O2.S/c1-17(2,15-11-7-5-8-12-15)19-20-18(3,4)16-13-9-6-10-14-16;/h5-14H,1-4H3;. The molecule has 0 aliphatic rings. The van der Waals surface area contributed by atoms with E-state index in [2.05, 4.69) is 0 Å². The first kappa shape index (κ1) is 17.8. The van der Waals surface area contributed by atoms with Crippen LogP contribution in [0.1, 0.15) is 38.8 Å². The van der Waals surface area contributed by atoms with Crippen molar-refractivity contribution in [3.63, 3.8) is 0 Å². The molecule has 0 unspecified atom stereocenters. The Balaban J connectivity index is 0.00000220. The van der Waals surface area contributed by atoms with Crippen LogP contribution in [0.15, 0.2) is 60.7 Å². The summed E-state index contributed by atoms with van der Waals surface area (Å²) < 4.78 is 0. The molecule has 2 aromatic rings. The maximum Gasteiger partial charge on any atom is 0.123 e. The number of benzene rings is 2. The van der Waals surface area contributed by atoms with E-state index in [0.29, 0.717) is 0 Å². The summed E-state index contributed by atoms with van der Waals surface area (Å²) in [4.78, 5) is 11.5. The minimum atomic E-state index is -0.493. The van der Waals surface area contributed by atoms with Crippen LogP contribution in [0.5, 0.6) is 0 Å². The summed E-state index contributed by atoms with van der Waals surface area (Å²) >= 11 is 0. The molecule has 0 aromatic heterocycles. The molecule has 0 bridgehead atoms. The van der Waals surface area contributed by atoms with Gasteiger partial charge >= 0.3 is 0 Å². The maximum absolute atomic E-state index is 5.73. The quantitative estimate of drug-likeness (QED) is 0.540. The molecule has 0 amide bonds. The second kappa shape index (κ2) is 7.12. The van der Waals surface area contributed by atoms with Gasteiger partial charge < -0.3 is 0 Å². The highest BCUT2D eigenvalue weighted by Crippen LogP contribution is 2.31. The highest BCUT2D eigenvalue weighted by molar-refractivity contribution is 7.59. The smallest absolute Gasteiger partial charge is 0.123 e. The van der Waals surface area contributed by atoms with E-state index in [0.717, 1.165) is 11.1 Å². The summed E-state index contributed by atoms with van der Waals surface area (Å²) in [5.74, 6) is 0. The minimum absolute atomic E-state index is 0. The second-order valence-corrected chi connectivity index (χ2v) is 5.92. The lowest BCUT2D eigenvalue weighted by atomic mass is 9.98. The molecule has 0 aliphatic heterocycles. The predicted octanol–water partition coefficient (Wildman–Crippen LogP) is 5.45. The third-order valence-corrected chi connectivity index (χ3v) is 3.40. The largest absolute Gasteiger partial charge is 0.225 e. The monoisotopic (exact) mass is 302 g/mol. The van der Waals surface area contributed by atoms with Gasteiger partial charge in [-0.1, -0.05) is 60.7 Å². The van der Waals surface area contributed by atoms with E-state index in [9.17, 15) is 0 Å². The van der Waals surface area contributed by atoms with Gasteiger partial charge in [0.1, 0.15) is 11.2 Å². The first-order valence-electron chi connectivity index (χ1n) is 6.90. The first-order valence-corrected chi connectivity index (χ1v) is 6.90. The molecule has 3 heteroatoms. The van der Waals surface area contributed by atoms with Gasteiger partial charge in [-0.25, -0.2) is 9.78 Å². The Labute approximate surface area is 134 Å². The third-order valence-electron chi connectivity index (χ3n) is 3.40. The molecule has 21 heavy (non-hydrogen) atoms. The van der Waals surface area contributed by atoms with Gasteiger partial charge in [0.2, 0.25) is 0 Å². The van der Waals surface area contributed by atoms with E-state index >= 15 is 0 Å². The summed E-state index contributed by atoms with van der Waals surface area (Å²) in [5, 5.41) is 0. The van der Waals surface area contributed by atoms with E-state index in [4.69, 9.17) is 9.78 Å². The van der Waals surface area contributed by atoms with Crippen LogP contribution in [0.4, 0.5) is 0 Å². The van der Waals surface area contributed by atoms with Gasteiger partial charge in [0, 0.05) is 13.5 Å². The molecule has 0 heterocycles. The molecule has 0 spiro atoms. The highest BCUT2D eigenvalue weighted by atomic mass is 32.1. The molecule has 2 radical (unpaired) electrons. The van der Waals surface area contributed by atoms with Gasteiger partial charge in [0.15, 0.2) is 0 Å². The van der Waals surface area contributed by atoms with E-state index in [-0.39, 0.29) is 13.5 Å². The lowest BCUT2D eigenvalue weighted by Gasteiger charge is -2.31. The summed E-state index contributed by atoms with van der Waals surface area (Å²) in [5.41, 5.74) is 1.19. The van der Waals surface area contributed by atoms with Crippen molar-refractivity contribution in [2.45, 2.75) is 38.9 Å². The van der Waals surface area contributed by atoms with Gasteiger partial charge in [-0.3, -0.25) is 0 Å². The Kier molecular flexibility index (Phi) is 6.02. The van der Waals surface area contributed by atoms with E-state index in [1.54, 1.807) is 0 Å². The number of hydrogen-bond donors (Lipinski definition) is 0. The van der Waals surface area contributed by atoms with E-state index in [1.807, 2.05) is 88.4 Å². The number of hydrogen-bond acceptors (Lipinski definition) is 2. The van der Waals surface area contributed by atoms with Crippen LogP contribution in [0.25, 0.3) is 0 Å². The fraction of sp³-hybridized carbons (Fsp3) is 0.333. The normalized spacial score (nSPS) is 11.8. The highest BCUT2D eigenvalue weighted by Gasteiger charge is 2.29. The molecule has 2 nitrogen and oxygen atoms in total. The van der Waals surface area contributed by atoms with Crippen molar-refractivity contribution >= 4 is 13.5 Å². The molecule has 0 saturated carbocycles. The van der Waals surface area contributed by atoms with Crippen molar-refractivity contribution in [1.82, 2.24) is 0 Å². The maximum atomic E-state index is 5.73. The minimum Gasteiger partial charge on any atom is -0.225 e. The lowest BCUT2D eigenvalue weighted by molar-refractivity contribution is -0.410. The van der Waals surface area contributed by atoms with Crippen molar-refractivity contribution in [1.29, 1.82) is 0 Å². The Morgan fingerprint density at radius 2 is 0.857 bits per heavy atom. The molecular weight excluding hydrogens is 280 g/mol. The van der Waals surface area contributed by atoms with Gasteiger partial charge in [-0.2, -0.15) is 0 Å². The average Bonchev–Trinajstić information content (AvgIpc) is 2.47. The molecule has 2 rings (SSSR count). The van der Waals surface area contributed by atoms with E-state index in [1.165, 1.54) is 0 Å². The zero-order chi connectivity index (χ0) is 14.6. The average molecular weight is 302 g/mol. The molecule has 2 aromatic carbocycles. The SMILES string of the molecule is CC(C)(OOC(C)(C)c1ccccc1)c1ccccc1.[S]. The zero-order valence-corrected chi connectivity index (χ0v) is 13.8. The molecule has 0 saturated heterocycles. The Hall–Kier alpha value is -1.29. The molecule has 0 N–H and O–H groups in total. The van der Waals surface area contributed by atoms with Crippen molar-refractivity contribution in [3.8, 4) is 0 Å². The van der Waals surface area contributed by atoms with Gasteiger partial charge in [0.05, 0.1) is 0 Å². The summed E-state index contributed by atoms with van der Waals surface area (Å²) in [6, 6.07) is 20.2. The molecule has 0 fully saturated rings. The molecule has 0 aliphatic carbocycles. The fourth-order valence-electron chi connectivity index (χ4n) is 1.98. The van der Waals surface area contributed by atoms with Crippen LogP contribution in [0, 0.1) is 0 Å². The van der Waals surface area contributed by atoms with Crippen LogP contribution < -0.4 is 0 Å². The van der Waals surface area contributed by atoms with E-state index < -0.39 is 11.2 Å². The number of rotatable bonds is 5. The van der Waals surface area contributed by atoms with Crippen LogP contribution in [-0.2, 0) is 21.0 Å². The topological polar surface area (TPSA) is 18.5 Å². The Morgan fingerprint density at radius 3 is 1.14 bits per heavy atom. The Morgan fingerprint density at radius 1 is 0.571 bits per heavy atom. The lowest BCUT2D eigenvalue weighted by Crippen LogP contribution is -2.29. The van der Waals surface area contributed by atoms with Crippen molar-refractivity contribution in [3.05, 3.63) is 71.8 Å². The summed E-state index contributed by atoms with van der Waals surface area (Å²) in [7, 11) is 0.